The highest BCUT2D eigenvalue weighted by Gasteiger charge is 2.51. The molecule has 3 aliphatic rings. The molecule has 0 amide bonds. The molecule has 3 heterocycles. The second kappa shape index (κ2) is 18.3. The van der Waals surface area contributed by atoms with Crippen LogP contribution in [0.4, 0.5) is 0 Å². The minimum atomic E-state index is -3.44. The number of benzene rings is 1. The number of cyclic esters (lactones) is 1. The topological polar surface area (TPSA) is 135 Å². The number of ketones is 1. The first-order chi connectivity index (χ1) is 24.8. The molecule has 0 radical (unpaired) electrons. The number of aliphatic hydroxyl groups excluding tert-OH is 1. The summed E-state index contributed by atoms with van der Waals surface area (Å²) in [5.74, 6) is -1.43. The summed E-state index contributed by atoms with van der Waals surface area (Å²) in [5, 5.41) is 11.4. The van der Waals surface area contributed by atoms with Gasteiger partial charge in [-0.25, -0.2) is 12.7 Å². The molecule has 1 aromatic carbocycles. The third kappa shape index (κ3) is 10.7. The molecule has 302 valence electrons. The Morgan fingerprint density at radius 1 is 1.04 bits per heavy atom. The number of carbonyl (C=O) groups excluding carboxylic acids is 2. The fourth-order valence-corrected chi connectivity index (χ4v) is 10.3. The Morgan fingerprint density at radius 2 is 1.68 bits per heavy atom. The van der Waals surface area contributed by atoms with Gasteiger partial charge in [0.2, 0.25) is 10.0 Å². The summed E-state index contributed by atoms with van der Waals surface area (Å²) in [6.45, 7) is 15.5. The number of hydrogen-bond donors (Lipinski definition) is 1. The number of rotatable bonds is 10. The molecule has 0 unspecified atom stereocenters. The number of ether oxygens (including phenoxy) is 4. The van der Waals surface area contributed by atoms with E-state index in [-0.39, 0.29) is 48.2 Å². The molecule has 0 spiro atoms. The Labute approximate surface area is 318 Å². The zero-order valence-corrected chi connectivity index (χ0v) is 34.6. The molecule has 0 aliphatic carbocycles. The maximum absolute atomic E-state index is 14.4. The van der Waals surface area contributed by atoms with E-state index in [0.717, 1.165) is 24.8 Å². The first kappa shape index (κ1) is 43.8. The summed E-state index contributed by atoms with van der Waals surface area (Å²) >= 11 is 0. The van der Waals surface area contributed by atoms with Crippen LogP contribution in [0.1, 0.15) is 86.1 Å². The lowest BCUT2D eigenvalue weighted by Gasteiger charge is -2.47. The lowest BCUT2D eigenvalue weighted by Crippen LogP contribution is -2.59. The minimum absolute atomic E-state index is 0.0119. The van der Waals surface area contributed by atoms with Crippen LogP contribution in [0.5, 0.6) is 0 Å². The summed E-state index contributed by atoms with van der Waals surface area (Å²) in [7, 11) is 2.00. The van der Waals surface area contributed by atoms with Crippen LogP contribution < -0.4 is 0 Å². The molecular weight excluding hydrogens is 699 g/mol. The third-order valence-corrected chi connectivity index (χ3v) is 13.9. The fraction of sp³-hybridized carbons (Fsp3) is 0.800. The second-order valence-corrected chi connectivity index (χ2v) is 18.9. The van der Waals surface area contributed by atoms with Crippen molar-refractivity contribution in [1.82, 2.24) is 14.1 Å². The lowest BCUT2D eigenvalue weighted by molar-refractivity contribution is -0.295. The summed E-state index contributed by atoms with van der Waals surface area (Å²) in [5.41, 5.74) is -1.69. The maximum Gasteiger partial charge on any atom is 0.319 e. The average Bonchev–Trinajstić information content (AvgIpc) is 3.11. The van der Waals surface area contributed by atoms with Gasteiger partial charge in [0.1, 0.15) is 18.1 Å². The molecule has 0 bridgehead atoms. The van der Waals surface area contributed by atoms with Gasteiger partial charge in [0, 0.05) is 44.7 Å². The summed E-state index contributed by atoms with van der Waals surface area (Å²) < 4.78 is 53.3. The van der Waals surface area contributed by atoms with Crippen LogP contribution in [0.25, 0.3) is 0 Å². The number of nitrogens with zero attached hydrogens (tertiary/aromatic N) is 3. The Morgan fingerprint density at radius 3 is 2.26 bits per heavy atom. The molecule has 0 saturated carbocycles. The van der Waals surface area contributed by atoms with Crippen molar-refractivity contribution in [3.63, 3.8) is 0 Å². The number of methoxy groups -OCH3 is 1. The number of sulfonamides is 1. The number of esters is 1. The van der Waals surface area contributed by atoms with E-state index < -0.39 is 51.4 Å². The minimum Gasteiger partial charge on any atom is -0.463 e. The van der Waals surface area contributed by atoms with Gasteiger partial charge >= 0.3 is 5.97 Å². The van der Waals surface area contributed by atoms with Crippen molar-refractivity contribution in [2.45, 2.75) is 129 Å². The smallest absolute Gasteiger partial charge is 0.319 e. The van der Waals surface area contributed by atoms with Crippen molar-refractivity contribution in [3.05, 3.63) is 35.9 Å². The van der Waals surface area contributed by atoms with Gasteiger partial charge in [-0.2, -0.15) is 0 Å². The highest BCUT2D eigenvalue weighted by atomic mass is 32.2. The van der Waals surface area contributed by atoms with E-state index in [0.29, 0.717) is 39.0 Å². The van der Waals surface area contributed by atoms with E-state index in [1.165, 1.54) is 0 Å². The molecule has 1 aromatic rings. The molecule has 3 saturated heterocycles. The first-order valence-corrected chi connectivity index (χ1v) is 21.1. The number of hydrogen-bond acceptors (Lipinski definition) is 11. The quantitative estimate of drug-likeness (QED) is 0.269. The van der Waals surface area contributed by atoms with E-state index in [2.05, 4.69) is 18.7 Å². The molecule has 9 atom stereocenters. The number of Topliss-reactive ketones (excluding diaryl/α,β-unsaturated/α-hetero) is 1. The Kier molecular flexibility index (Phi) is 15.1. The van der Waals surface area contributed by atoms with Crippen molar-refractivity contribution in [2.75, 3.05) is 54.0 Å². The normalized spacial score (nSPS) is 34.9. The Bertz CT molecular complexity index is 1450. The van der Waals surface area contributed by atoms with E-state index in [1.54, 1.807) is 32.2 Å². The monoisotopic (exact) mass is 765 g/mol. The molecule has 1 N–H and O–H groups in total. The molecular formula is C40H67N3O9S. The molecule has 53 heavy (non-hydrogen) atoms. The van der Waals surface area contributed by atoms with Gasteiger partial charge in [0.15, 0.2) is 12.1 Å². The van der Waals surface area contributed by atoms with Crippen molar-refractivity contribution in [1.29, 1.82) is 0 Å². The van der Waals surface area contributed by atoms with E-state index in [9.17, 15) is 23.1 Å². The Balaban J connectivity index is 1.56. The highest BCUT2D eigenvalue weighted by molar-refractivity contribution is 7.88. The van der Waals surface area contributed by atoms with Gasteiger partial charge in [0.05, 0.1) is 23.6 Å². The van der Waals surface area contributed by atoms with Crippen LogP contribution in [-0.4, -0.2) is 136 Å². The predicted octanol–water partition coefficient (Wildman–Crippen LogP) is 4.34. The number of likely N-dealkylation sites (N-methyl/N-ethyl adjacent to an activating group) is 2. The van der Waals surface area contributed by atoms with Crippen LogP contribution >= 0.6 is 0 Å². The van der Waals surface area contributed by atoms with E-state index in [1.807, 2.05) is 63.2 Å². The van der Waals surface area contributed by atoms with Gasteiger partial charge in [0.25, 0.3) is 0 Å². The van der Waals surface area contributed by atoms with Crippen LogP contribution in [0, 0.1) is 23.2 Å². The largest absolute Gasteiger partial charge is 0.463 e. The van der Waals surface area contributed by atoms with Gasteiger partial charge in [-0.1, -0.05) is 51.1 Å². The van der Waals surface area contributed by atoms with Crippen LogP contribution in [0.15, 0.2) is 30.3 Å². The van der Waals surface area contributed by atoms with Crippen molar-refractivity contribution < 1.29 is 42.1 Å². The number of carbonyl (C=O) groups is 2. The zero-order chi connectivity index (χ0) is 39.3. The van der Waals surface area contributed by atoms with E-state index >= 15 is 0 Å². The van der Waals surface area contributed by atoms with Gasteiger partial charge in [-0.3, -0.25) is 14.5 Å². The SMILES string of the molecule is CCN1C[C@H](C)C[C@@](C)(OC)[C@H](O[C@@H]2O[C@H](C)C[C@H](N(C)C)[C@H]2O)[C@@H](C)C(=O)C(C)(C)C(=O)OC[C@H]1CC1CCN(S(=O)(=O)Cc2ccccc2)CC1. The molecule has 13 heteroatoms. The second-order valence-electron chi connectivity index (χ2n) is 16.9. The lowest BCUT2D eigenvalue weighted by atomic mass is 9.74. The van der Waals surface area contributed by atoms with Gasteiger partial charge in [-0.15, -0.1) is 0 Å². The zero-order valence-electron chi connectivity index (χ0n) is 33.8. The standard InChI is InChI=1S/C40H67N3O9S/c1-11-42-24-27(2)23-40(7,49-10)36(52-37-34(44)33(41(8)9)21-28(3)51-37)29(4)35(45)39(5,6)38(46)50-25-32(42)22-30-17-19-43(20-18-30)53(47,48)26-31-15-13-12-14-16-31/h12-16,27-30,32-34,36-37,44H,11,17-26H2,1-10H3/t27-,28-,29+,32-,33+,34-,36-,37+,40-/m1/s1. The predicted molar refractivity (Wildman–Crippen MR) is 204 cm³/mol. The number of piperidine rings is 1. The van der Waals surface area contributed by atoms with Gasteiger partial charge < -0.3 is 29.0 Å². The summed E-state index contributed by atoms with van der Waals surface area (Å²) in [4.78, 5) is 32.5. The molecule has 0 aromatic heterocycles. The third-order valence-electron chi connectivity index (χ3n) is 12.0. The van der Waals surface area contributed by atoms with Crippen molar-refractivity contribution in [3.8, 4) is 0 Å². The summed E-state index contributed by atoms with van der Waals surface area (Å²) in [6.07, 6.45) is 0.346. The maximum atomic E-state index is 14.4. The highest BCUT2D eigenvalue weighted by Crippen LogP contribution is 2.39. The van der Waals surface area contributed by atoms with E-state index in [4.69, 9.17) is 18.9 Å². The number of aliphatic hydroxyl groups is 1. The van der Waals surface area contributed by atoms with Crippen LogP contribution in [0.3, 0.4) is 0 Å². The summed E-state index contributed by atoms with van der Waals surface area (Å²) in [6, 6.07) is 8.94. The van der Waals surface area contributed by atoms with Crippen molar-refractivity contribution in [2.24, 2.45) is 23.2 Å². The van der Waals surface area contributed by atoms with Crippen LogP contribution in [0.2, 0.25) is 0 Å². The molecule has 3 fully saturated rings. The van der Waals surface area contributed by atoms with Crippen molar-refractivity contribution >= 4 is 21.8 Å². The first-order valence-electron chi connectivity index (χ1n) is 19.5. The van der Waals surface area contributed by atoms with Crippen LogP contribution in [-0.2, 0) is 44.3 Å². The molecule has 4 rings (SSSR count). The molecule has 12 nitrogen and oxygen atoms in total. The Hall–Kier alpha value is -1.97. The fourth-order valence-electron chi connectivity index (χ4n) is 8.76. The average molecular weight is 766 g/mol. The van der Waals surface area contributed by atoms with Gasteiger partial charge in [-0.05, 0) is 97.8 Å². The molecule has 3 aliphatic heterocycles.